The van der Waals surface area contributed by atoms with Crippen LogP contribution < -0.4 is 10.2 Å². The number of nitro groups is 1. The molecule has 9 nitrogen and oxygen atoms in total. The highest BCUT2D eigenvalue weighted by Gasteiger charge is 2.24. The van der Waals surface area contributed by atoms with Gasteiger partial charge in [0.2, 0.25) is 5.91 Å². The quantitative estimate of drug-likeness (QED) is 0.395. The molecule has 0 spiro atoms. The summed E-state index contributed by atoms with van der Waals surface area (Å²) >= 11 is 1.38. The van der Waals surface area contributed by atoms with Crippen LogP contribution in [-0.2, 0) is 9.53 Å². The van der Waals surface area contributed by atoms with Crippen LogP contribution in [0.15, 0.2) is 24.3 Å². The minimum atomic E-state index is -0.420. The van der Waals surface area contributed by atoms with Gasteiger partial charge in [0.1, 0.15) is 5.00 Å². The van der Waals surface area contributed by atoms with Gasteiger partial charge in [0, 0.05) is 48.9 Å². The number of amides is 1. The van der Waals surface area contributed by atoms with E-state index in [0.717, 1.165) is 29.2 Å². The van der Waals surface area contributed by atoms with Crippen molar-refractivity contribution in [1.29, 1.82) is 0 Å². The van der Waals surface area contributed by atoms with Crippen molar-refractivity contribution in [3.63, 3.8) is 0 Å². The first-order valence-electron chi connectivity index (χ1n) is 10.1. The summed E-state index contributed by atoms with van der Waals surface area (Å²) < 4.78 is 5.13. The summed E-state index contributed by atoms with van der Waals surface area (Å²) in [6.07, 6.45) is 0. The molecule has 1 amide bonds. The Morgan fingerprint density at radius 3 is 2.39 bits per heavy atom. The van der Waals surface area contributed by atoms with E-state index in [1.54, 1.807) is 19.1 Å². The van der Waals surface area contributed by atoms with Crippen LogP contribution in [0.3, 0.4) is 0 Å². The van der Waals surface area contributed by atoms with Gasteiger partial charge in [-0.05, 0) is 38.5 Å². The minimum absolute atomic E-state index is 0.0697. The second-order valence-corrected chi connectivity index (χ2v) is 8.52. The van der Waals surface area contributed by atoms with Crippen molar-refractivity contribution in [2.24, 2.45) is 0 Å². The van der Waals surface area contributed by atoms with Crippen molar-refractivity contribution in [3.8, 4) is 0 Å². The van der Waals surface area contributed by atoms with E-state index in [0.29, 0.717) is 23.7 Å². The molecule has 0 radical (unpaired) electrons. The van der Waals surface area contributed by atoms with E-state index in [1.807, 2.05) is 13.8 Å². The molecule has 2 heterocycles. The zero-order valence-electron chi connectivity index (χ0n) is 17.8. The molecule has 1 fully saturated rings. The molecule has 2 aromatic rings. The third kappa shape index (κ3) is 5.39. The van der Waals surface area contributed by atoms with E-state index in [2.05, 4.69) is 15.1 Å². The Hall–Kier alpha value is -2.98. The molecule has 3 rings (SSSR count). The lowest BCUT2D eigenvalue weighted by Gasteiger charge is -2.35. The molecule has 0 aliphatic carbocycles. The summed E-state index contributed by atoms with van der Waals surface area (Å²) in [6.45, 7) is 8.84. The molecule has 1 saturated heterocycles. The van der Waals surface area contributed by atoms with E-state index in [1.165, 1.54) is 23.5 Å². The molecule has 0 atom stereocenters. The number of nitrogens with zero attached hydrogens (tertiary/aromatic N) is 3. The molecule has 0 bridgehead atoms. The van der Waals surface area contributed by atoms with Crippen LogP contribution in [0.25, 0.3) is 0 Å². The van der Waals surface area contributed by atoms with Crippen LogP contribution in [-0.4, -0.2) is 61.0 Å². The molecule has 1 aromatic heterocycles. The van der Waals surface area contributed by atoms with Gasteiger partial charge < -0.3 is 15.0 Å². The van der Waals surface area contributed by atoms with E-state index < -0.39 is 10.9 Å². The Morgan fingerprint density at radius 2 is 1.81 bits per heavy atom. The van der Waals surface area contributed by atoms with Gasteiger partial charge in [-0.2, -0.15) is 0 Å². The van der Waals surface area contributed by atoms with Gasteiger partial charge in [-0.15, -0.1) is 11.3 Å². The number of aryl methyl sites for hydroxylation is 1. The third-order valence-electron chi connectivity index (χ3n) is 5.28. The molecule has 10 heteroatoms. The third-order valence-corrected chi connectivity index (χ3v) is 6.41. The lowest BCUT2D eigenvalue weighted by Crippen LogP contribution is -2.48. The number of nitro benzene ring substituents is 1. The monoisotopic (exact) mass is 446 g/mol. The molecule has 0 unspecified atom stereocenters. The number of hydrogen-bond acceptors (Lipinski definition) is 8. The Kier molecular flexibility index (Phi) is 7.24. The Bertz CT molecular complexity index is 965. The predicted molar refractivity (Wildman–Crippen MR) is 120 cm³/mol. The van der Waals surface area contributed by atoms with Gasteiger partial charge in [0.15, 0.2) is 0 Å². The van der Waals surface area contributed by atoms with Crippen LogP contribution in [0.4, 0.5) is 16.4 Å². The number of carbonyl (C=O) groups excluding carboxylic acids is 2. The average Bonchev–Trinajstić information content (AvgIpc) is 3.01. The van der Waals surface area contributed by atoms with Crippen molar-refractivity contribution in [3.05, 3.63) is 50.4 Å². The lowest BCUT2D eigenvalue weighted by atomic mass is 10.1. The zero-order chi connectivity index (χ0) is 22.5. The maximum Gasteiger partial charge on any atom is 0.341 e. The average molecular weight is 447 g/mol. The molecular formula is C21H26N4O5S. The predicted octanol–water partition coefficient (Wildman–Crippen LogP) is 3.21. The minimum Gasteiger partial charge on any atom is -0.462 e. The standard InChI is InChI=1S/C21H26N4O5S/c1-4-30-21(27)19-14(2)15(3)31-20(19)22-18(26)13-23-9-11-24(12-10-23)16-5-7-17(8-6-16)25(28)29/h5-8H,4,9-13H2,1-3H3,(H,22,26). The second kappa shape index (κ2) is 9.88. The molecular weight excluding hydrogens is 420 g/mol. The Balaban J connectivity index is 1.55. The molecule has 1 aliphatic rings. The van der Waals surface area contributed by atoms with Gasteiger partial charge in [-0.1, -0.05) is 0 Å². The maximum absolute atomic E-state index is 12.6. The number of hydrogen-bond donors (Lipinski definition) is 1. The molecule has 1 aliphatic heterocycles. The lowest BCUT2D eigenvalue weighted by molar-refractivity contribution is -0.384. The van der Waals surface area contributed by atoms with Gasteiger partial charge in [-0.25, -0.2) is 4.79 Å². The molecule has 31 heavy (non-hydrogen) atoms. The van der Waals surface area contributed by atoms with Crippen molar-refractivity contribution >= 4 is 39.6 Å². The highest BCUT2D eigenvalue weighted by molar-refractivity contribution is 7.16. The first kappa shape index (κ1) is 22.7. The SMILES string of the molecule is CCOC(=O)c1c(NC(=O)CN2CCN(c3ccc([N+](=O)[O-])cc3)CC2)sc(C)c1C. The molecule has 1 N–H and O–H groups in total. The summed E-state index contributed by atoms with van der Waals surface area (Å²) in [6, 6.07) is 6.50. The summed E-state index contributed by atoms with van der Waals surface area (Å²) in [4.78, 5) is 40.4. The van der Waals surface area contributed by atoms with Crippen molar-refractivity contribution in [1.82, 2.24) is 4.90 Å². The van der Waals surface area contributed by atoms with Crippen LogP contribution >= 0.6 is 11.3 Å². The number of thiophene rings is 1. The van der Waals surface area contributed by atoms with E-state index in [-0.39, 0.29) is 24.7 Å². The van der Waals surface area contributed by atoms with E-state index in [4.69, 9.17) is 4.74 Å². The fourth-order valence-electron chi connectivity index (χ4n) is 3.48. The van der Waals surface area contributed by atoms with Gasteiger partial charge in [-0.3, -0.25) is 19.8 Å². The van der Waals surface area contributed by atoms with Gasteiger partial charge in [0.25, 0.3) is 5.69 Å². The number of carbonyl (C=O) groups is 2. The largest absolute Gasteiger partial charge is 0.462 e. The number of nitrogens with one attached hydrogen (secondary N) is 1. The van der Waals surface area contributed by atoms with Crippen molar-refractivity contribution in [2.45, 2.75) is 20.8 Å². The van der Waals surface area contributed by atoms with Crippen LogP contribution in [0.2, 0.25) is 0 Å². The number of anilines is 2. The van der Waals surface area contributed by atoms with Crippen LogP contribution in [0, 0.1) is 24.0 Å². The molecule has 0 saturated carbocycles. The summed E-state index contributed by atoms with van der Waals surface area (Å²) in [5.41, 5.74) is 2.26. The summed E-state index contributed by atoms with van der Waals surface area (Å²) in [7, 11) is 0. The fraction of sp³-hybridized carbons (Fsp3) is 0.429. The topological polar surface area (TPSA) is 105 Å². The maximum atomic E-state index is 12.6. The van der Waals surface area contributed by atoms with Crippen molar-refractivity contribution in [2.75, 3.05) is 49.5 Å². The fourth-order valence-corrected chi connectivity index (χ4v) is 4.55. The Morgan fingerprint density at radius 1 is 1.16 bits per heavy atom. The number of ether oxygens (including phenoxy) is 1. The smallest absolute Gasteiger partial charge is 0.341 e. The summed E-state index contributed by atoms with van der Waals surface area (Å²) in [5, 5.41) is 14.2. The molecule has 166 valence electrons. The highest BCUT2D eigenvalue weighted by Crippen LogP contribution is 2.33. The Labute approximate surface area is 184 Å². The van der Waals surface area contributed by atoms with Gasteiger partial charge >= 0.3 is 5.97 Å². The number of non-ortho nitro benzene ring substituents is 1. The normalized spacial score (nSPS) is 14.4. The summed E-state index contributed by atoms with van der Waals surface area (Å²) in [5.74, 6) is -0.591. The van der Waals surface area contributed by atoms with Crippen molar-refractivity contribution < 1.29 is 19.2 Å². The van der Waals surface area contributed by atoms with E-state index >= 15 is 0 Å². The second-order valence-electron chi connectivity index (χ2n) is 7.29. The van der Waals surface area contributed by atoms with Gasteiger partial charge in [0.05, 0.1) is 23.6 Å². The number of piperazine rings is 1. The first-order chi connectivity index (χ1) is 14.8. The van der Waals surface area contributed by atoms with Crippen LogP contribution in [0.1, 0.15) is 27.7 Å². The highest BCUT2D eigenvalue weighted by atomic mass is 32.1. The van der Waals surface area contributed by atoms with E-state index in [9.17, 15) is 19.7 Å². The zero-order valence-corrected chi connectivity index (χ0v) is 18.7. The molecule has 1 aromatic carbocycles. The first-order valence-corrected chi connectivity index (χ1v) is 10.9. The number of benzene rings is 1. The van der Waals surface area contributed by atoms with Crippen LogP contribution in [0.5, 0.6) is 0 Å². The number of esters is 1. The number of rotatable bonds is 7.